The molecule has 1 aliphatic rings. The molecule has 0 N–H and O–H groups in total. The van der Waals surface area contributed by atoms with Crippen LogP contribution in [0, 0.1) is 0 Å². The summed E-state index contributed by atoms with van der Waals surface area (Å²) in [5, 5.41) is 0. The largest absolute Gasteiger partial charge is 0.493 e. The molecule has 1 fully saturated rings. The third kappa shape index (κ3) is 3.49. The van der Waals surface area contributed by atoms with Gasteiger partial charge in [-0.05, 0) is 6.07 Å². The van der Waals surface area contributed by atoms with Crippen LogP contribution in [-0.2, 0) is 11.3 Å². The van der Waals surface area contributed by atoms with Crippen LogP contribution in [0.4, 0.5) is 0 Å². The number of hydrogen-bond acceptors (Lipinski definition) is 5. The van der Waals surface area contributed by atoms with Crippen molar-refractivity contribution in [1.82, 2.24) is 9.80 Å². The first kappa shape index (κ1) is 14.8. The predicted octanol–water partition coefficient (Wildman–Crippen LogP) is 1.02. The molecular weight excluding hydrogens is 256 g/mol. The van der Waals surface area contributed by atoms with Crippen molar-refractivity contribution in [2.45, 2.75) is 6.54 Å². The molecule has 0 amide bonds. The Morgan fingerprint density at radius 2 is 1.80 bits per heavy atom. The lowest BCUT2D eigenvalue weighted by molar-refractivity contribution is -0.109. The topological polar surface area (TPSA) is 42.0 Å². The van der Waals surface area contributed by atoms with E-state index in [-0.39, 0.29) is 0 Å². The Bertz CT molecular complexity index is 443. The second-order valence-corrected chi connectivity index (χ2v) is 4.90. The Kier molecular flexibility index (Phi) is 5.38. The van der Waals surface area contributed by atoms with Gasteiger partial charge in [0.2, 0.25) is 0 Å². The molecule has 20 heavy (non-hydrogen) atoms. The van der Waals surface area contributed by atoms with Gasteiger partial charge in [0.05, 0.1) is 20.8 Å². The number of ether oxygens (including phenoxy) is 2. The number of benzene rings is 1. The minimum Gasteiger partial charge on any atom is -0.493 e. The van der Waals surface area contributed by atoms with Gasteiger partial charge in [0.25, 0.3) is 0 Å². The number of methoxy groups -OCH3 is 2. The Morgan fingerprint density at radius 3 is 2.40 bits per heavy atom. The predicted molar refractivity (Wildman–Crippen MR) is 77.3 cm³/mol. The van der Waals surface area contributed by atoms with Crippen molar-refractivity contribution in [3.63, 3.8) is 0 Å². The first-order chi connectivity index (χ1) is 9.78. The maximum Gasteiger partial charge on any atom is 0.165 e. The number of rotatable bonds is 6. The summed E-state index contributed by atoms with van der Waals surface area (Å²) in [5.74, 6) is 1.58. The summed E-state index contributed by atoms with van der Waals surface area (Å²) in [4.78, 5) is 15.1. The third-order valence-corrected chi connectivity index (χ3v) is 3.68. The normalized spacial score (nSPS) is 16.9. The molecule has 5 heteroatoms. The number of aldehydes is 1. The summed E-state index contributed by atoms with van der Waals surface area (Å²) in [5.41, 5.74) is 1.13. The van der Waals surface area contributed by atoms with Crippen molar-refractivity contribution in [1.29, 1.82) is 0 Å². The molecule has 0 bridgehead atoms. The molecule has 1 aromatic rings. The number of piperazine rings is 1. The minimum absolute atomic E-state index is 0.538. The van der Waals surface area contributed by atoms with Crippen LogP contribution in [0.2, 0.25) is 0 Å². The molecule has 0 atom stereocenters. The van der Waals surface area contributed by atoms with E-state index in [0.29, 0.717) is 6.54 Å². The first-order valence-corrected chi connectivity index (χ1v) is 6.86. The van der Waals surface area contributed by atoms with E-state index in [2.05, 4.69) is 15.9 Å². The highest BCUT2D eigenvalue weighted by atomic mass is 16.5. The van der Waals surface area contributed by atoms with Crippen molar-refractivity contribution < 1.29 is 14.3 Å². The monoisotopic (exact) mass is 278 g/mol. The maximum atomic E-state index is 10.5. The number of carbonyl (C=O) groups is 1. The van der Waals surface area contributed by atoms with Crippen LogP contribution in [0.5, 0.6) is 11.5 Å². The average molecular weight is 278 g/mol. The van der Waals surface area contributed by atoms with Crippen LogP contribution in [0.25, 0.3) is 0 Å². The third-order valence-electron chi connectivity index (χ3n) is 3.68. The summed E-state index contributed by atoms with van der Waals surface area (Å²) in [7, 11) is 3.32. The van der Waals surface area contributed by atoms with Gasteiger partial charge in [-0.1, -0.05) is 12.1 Å². The summed E-state index contributed by atoms with van der Waals surface area (Å²) in [6.07, 6.45) is 0.973. The lowest BCUT2D eigenvalue weighted by Gasteiger charge is -2.33. The van der Waals surface area contributed by atoms with Gasteiger partial charge in [-0.2, -0.15) is 0 Å². The molecule has 0 aliphatic carbocycles. The van der Waals surface area contributed by atoms with E-state index in [4.69, 9.17) is 9.47 Å². The Hall–Kier alpha value is -1.59. The average Bonchev–Trinajstić information content (AvgIpc) is 2.49. The molecule has 0 radical (unpaired) electrons. The van der Waals surface area contributed by atoms with Gasteiger partial charge in [0.1, 0.15) is 6.29 Å². The molecule has 110 valence electrons. The van der Waals surface area contributed by atoms with Gasteiger partial charge >= 0.3 is 0 Å². The van der Waals surface area contributed by atoms with Crippen molar-refractivity contribution in [3.8, 4) is 11.5 Å². The molecule has 1 saturated heterocycles. The number of carbonyl (C=O) groups excluding carboxylic acids is 1. The van der Waals surface area contributed by atoms with Crippen molar-refractivity contribution in [2.75, 3.05) is 46.9 Å². The summed E-state index contributed by atoms with van der Waals surface area (Å²) in [6.45, 7) is 5.18. The standard InChI is InChI=1S/C15H22N2O3/c1-19-14-5-3-4-13(15(14)20-2)12-17-8-6-16(7-9-17)10-11-18/h3-5,11H,6-10,12H2,1-2H3. The minimum atomic E-state index is 0.538. The van der Waals surface area contributed by atoms with Crippen LogP contribution in [0.3, 0.4) is 0 Å². The first-order valence-electron chi connectivity index (χ1n) is 6.86. The molecule has 0 unspecified atom stereocenters. The number of nitrogens with zero attached hydrogens (tertiary/aromatic N) is 2. The van der Waals surface area contributed by atoms with Gasteiger partial charge in [-0.15, -0.1) is 0 Å². The highest BCUT2D eigenvalue weighted by Crippen LogP contribution is 2.31. The van der Waals surface area contributed by atoms with E-state index in [1.165, 1.54) is 0 Å². The second kappa shape index (κ2) is 7.26. The van der Waals surface area contributed by atoms with E-state index in [1.807, 2.05) is 12.1 Å². The summed E-state index contributed by atoms with van der Waals surface area (Å²) >= 11 is 0. The quantitative estimate of drug-likeness (QED) is 0.727. The van der Waals surface area contributed by atoms with E-state index in [0.717, 1.165) is 56.1 Å². The summed E-state index contributed by atoms with van der Waals surface area (Å²) in [6, 6.07) is 5.96. The Labute approximate surface area is 120 Å². The van der Waals surface area contributed by atoms with Crippen molar-refractivity contribution in [3.05, 3.63) is 23.8 Å². The number of para-hydroxylation sites is 1. The fraction of sp³-hybridized carbons (Fsp3) is 0.533. The zero-order valence-corrected chi connectivity index (χ0v) is 12.2. The van der Waals surface area contributed by atoms with Crippen LogP contribution >= 0.6 is 0 Å². The molecule has 2 rings (SSSR count). The highest BCUT2D eigenvalue weighted by Gasteiger charge is 2.18. The highest BCUT2D eigenvalue weighted by molar-refractivity contribution is 5.52. The van der Waals surface area contributed by atoms with Crippen LogP contribution in [-0.4, -0.2) is 63.0 Å². The van der Waals surface area contributed by atoms with Gasteiger partial charge in [0, 0.05) is 38.3 Å². The van der Waals surface area contributed by atoms with E-state index < -0.39 is 0 Å². The number of hydrogen-bond donors (Lipinski definition) is 0. The lowest BCUT2D eigenvalue weighted by Crippen LogP contribution is -2.46. The molecular formula is C15H22N2O3. The van der Waals surface area contributed by atoms with Crippen molar-refractivity contribution in [2.24, 2.45) is 0 Å². The molecule has 1 heterocycles. The molecule has 5 nitrogen and oxygen atoms in total. The molecule has 0 aromatic heterocycles. The molecule has 0 saturated carbocycles. The van der Waals surface area contributed by atoms with Gasteiger partial charge < -0.3 is 14.3 Å². The zero-order valence-electron chi connectivity index (χ0n) is 12.2. The molecule has 1 aliphatic heterocycles. The lowest BCUT2D eigenvalue weighted by atomic mass is 10.1. The SMILES string of the molecule is COc1cccc(CN2CCN(CC=O)CC2)c1OC. The zero-order chi connectivity index (χ0) is 14.4. The van der Waals surface area contributed by atoms with Gasteiger partial charge in [0.15, 0.2) is 11.5 Å². The fourth-order valence-corrected chi connectivity index (χ4v) is 2.55. The molecule has 1 aromatic carbocycles. The van der Waals surface area contributed by atoms with Crippen LogP contribution in [0.1, 0.15) is 5.56 Å². The maximum absolute atomic E-state index is 10.5. The van der Waals surface area contributed by atoms with E-state index >= 15 is 0 Å². The smallest absolute Gasteiger partial charge is 0.165 e. The van der Waals surface area contributed by atoms with Crippen LogP contribution in [0.15, 0.2) is 18.2 Å². The van der Waals surface area contributed by atoms with Gasteiger partial charge in [-0.25, -0.2) is 0 Å². The fourth-order valence-electron chi connectivity index (χ4n) is 2.55. The Balaban J connectivity index is 1.99. The van der Waals surface area contributed by atoms with Crippen LogP contribution < -0.4 is 9.47 Å². The van der Waals surface area contributed by atoms with E-state index in [9.17, 15) is 4.79 Å². The molecule has 0 spiro atoms. The van der Waals surface area contributed by atoms with Gasteiger partial charge in [-0.3, -0.25) is 9.80 Å². The Morgan fingerprint density at radius 1 is 1.10 bits per heavy atom. The second-order valence-electron chi connectivity index (χ2n) is 4.90. The summed E-state index contributed by atoms with van der Waals surface area (Å²) < 4.78 is 10.8. The van der Waals surface area contributed by atoms with Crippen molar-refractivity contribution >= 4 is 6.29 Å². The van der Waals surface area contributed by atoms with E-state index in [1.54, 1.807) is 14.2 Å².